The van der Waals surface area contributed by atoms with Crippen LogP contribution in [0.1, 0.15) is 59.3 Å². The molecule has 0 aliphatic heterocycles. The van der Waals surface area contributed by atoms with Crippen LogP contribution in [0.5, 0.6) is 5.75 Å². The Kier molecular flexibility index (Phi) is 6.64. The van der Waals surface area contributed by atoms with Crippen LogP contribution in [0, 0.1) is 20.7 Å². The highest BCUT2D eigenvalue weighted by molar-refractivity contribution is 5.98. The number of hydrogen-bond acceptors (Lipinski definition) is 3. The number of phenols is 1. The standard InChI is InChI=1S/C55H47N3O/c1-35-28-37(3)53(59)48(29-35)54-57-52-47(18-13-19-51(52)58(54)50-25-22-41(30-36(50)2)38-14-9-7-10-15-38)44-31-43(39-16-11-8-12-17-39)32-45(33-44)49-34-42(26-27-56-49)40-20-23-46(24-21-40)55(4,5)6/h7-34,59H,1-6H3/i2D3,4D3,5D3,6D3. The maximum Gasteiger partial charge on any atom is 0.149 e. The van der Waals surface area contributed by atoms with E-state index in [1.807, 2.05) is 134 Å². The SMILES string of the molecule is [2H]C([2H])([2H])c1cc(-c2ccccc2)ccc1-n1c(-c2cc(C)cc(C)c2O)nc2c(-c3cc(-c4ccccc4)cc(-c4cc(-c5ccc(C(C([2H])([2H])[2H])(C([2H])([2H])[2H])C([2H])([2H])[2H])cc5)ccn4)c3)cccc21. The van der Waals surface area contributed by atoms with Gasteiger partial charge in [0.25, 0.3) is 0 Å². The van der Waals surface area contributed by atoms with E-state index in [1.165, 1.54) is 24.3 Å². The molecular formula is C55H47N3O. The van der Waals surface area contributed by atoms with Gasteiger partial charge in [0.2, 0.25) is 0 Å². The topological polar surface area (TPSA) is 50.9 Å². The van der Waals surface area contributed by atoms with Crippen molar-refractivity contribution in [2.45, 2.75) is 46.7 Å². The molecule has 0 unspecified atom stereocenters. The third-order valence-electron chi connectivity index (χ3n) is 10.8. The molecule has 2 heterocycles. The smallest absolute Gasteiger partial charge is 0.149 e. The maximum atomic E-state index is 11.7. The molecule has 59 heavy (non-hydrogen) atoms. The van der Waals surface area contributed by atoms with Crippen LogP contribution in [0.25, 0.3) is 83.9 Å². The van der Waals surface area contributed by atoms with Crippen molar-refractivity contribution < 1.29 is 21.6 Å². The summed E-state index contributed by atoms with van der Waals surface area (Å²) in [5.74, 6) is 0.369. The molecule has 0 saturated heterocycles. The van der Waals surface area contributed by atoms with Crippen LogP contribution >= 0.6 is 0 Å². The van der Waals surface area contributed by atoms with Gasteiger partial charge in [-0.15, -0.1) is 0 Å². The van der Waals surface area contributed by atoms with Crippen molar-refractivity contribution in [2.24, 2.45) is 0 Å². The second-order valence-corrected chi connectivity index (χ2v) is 14.9. The number of imidazole rings is 1. The van der Waals surface area contributed by atoms with Crippen LogP contribution in [0.2, 0.25) is 0 Å². The second-order valence-electron chi connectivity index (χ2n) is 14.9. The predicted molar refractivity (Wildman–Crippen MR) is 246 cm³/mol. The number of benzene rings is 7. The number of rotatable bonds is 7. The van der Waals surface area contributed by atoms with Gasteiger partial charge in [0.15, 0.2) is 0 Å². The first-order valence-corrected chi connectivity index (χ1v) is 19.3. The van der Waals surface area contributed by atoms with Gasteiger partial charge in [0.05, 0.1) is 28.0 Å². The zero-order valence-electron chi connectivity index (χ0n) is 44.5. The molecule has 0 saturated carbocycles. The first kappa shape index (κ1) is 26.1. The van der Waals surface area contributed by atoms with Crippen molar-refractivity contribution in [3.8, 4) is 78.6 Å². The van der Waals surface area contributed by atoms with E-state index in [2.05, 4.69) is 6.07 Å². The Hall–Kier alpha value is -7.04. The number of aryl methyl sites for hydroxylation is 3. The predicted octanol–water partition coefficient (Wildman–Crippen LogP) is 14.4. The fourth-order valence-corrected chi connectivity index (χ4v) is 7.84. The van der Waals surface area contributed by atoms with E-state index in [4.69, 9.17) is 26.4 Å². The van der Waals surface area contributed by atoms with E-state index in [1.54, 1.807) is 24.4 Å². The first-order chi connectivity index (χ1) is 33.5. The summed E-state index contributed by atoms with van der Waals surface area (Å²) in [6.07, 6.45) is 1.63. The van der Waals surface area contributed by atoms with Crippen LogP contribution in [-0.2, 0) is 5.41 Å². The Morgan fingerprint density at radius 1 is 0.542 bits per heavy atom. The van der Waals surface area contributed by atoms with E-state index >= 15 is 0 Å². The van der Waals surface area contributed by atoms with Crippen molar-refractivity contribution in [3.05, 3.63) is 192 Å². The summed E-state index contributed by atoms with van der Waals surface area (Å²) in [5.41, 5.74) is 7.45. The number of aromatic hydroxyl groups is 1. The van der Waals surface area contributed by atoms with Crippen molar-refractivity contribution in [1.82, 2.24) is 14.5 Å². The molecule has 0 amide bonds. The number of nitrogens with zero attached hydrogens (tertiary/aromatic N) is 3. The van der Waals surface area contributed by atoms with Gasteiger partial charge in [0.1, 0.15) is 11.6 Å². The van der Waals surface area contributed by atoms with Crippen LogP contribution in [0.3, 0.4) is 0 Å². The minimum atomic E-state index is -3.39. The first-order valence-electron chi connectivity index (χ1n) is 25.3. The molecule has 4 heteroatoms. The average molecular weight is 778 g/mol. The molecule has 1 N–H and O–H groups in total. The largest absolute Gasteiger partial charge is 0.507 e. The van der Waals surface area contributed by atoms with Gasteiger partial charge in [-0.25, -0.2) is 4.98 Å². The van der Waals surface area contributed by atoms with Gasteiger partial charge >= 0.3 is 0 Å². The normalized spacial score (nSPS) is 15.5. The highest BCUT2D eigenvalue weighted by atomic mass is 16.3. The minimum absolute atomic E-state index is 0.0187. The van der Waals surface area contributed by atoms with E-state index in [-0.39, 0.29) is 16.9 Å². The molecule has 0 radical (unpaired) electrons. The summed E-state index contributed by atoms with van der Waals surface area (Å²) in [6, 6.07) is 49.5. The fraction of sp³-hybridized carbons (Fsp3) is 0.127. The molecule has 0 fully saturated rings. The molecule has 9 rings (SSSR count). The van der Waals surface area contributed by atoms with Crippen molar-refractivity contribution in [2.75, 3.05) is 0 Å². The van der Waals surface area contributed by atoms with Gasteiger partial charge in [-0.2, -0.15) is 0 Å². The van der Waals surface area contributed by atoms with Crippen LogP contribution < -0.4 is 0 Å². The number of hydrogen-bond donors (Lipinski definition) is 1. The van der Waals surface area contributed by atoms with Crippen LogP contribution in [0.15, 0.2) is 170 Å². The van der Waals surface area contributed by atoms with Crippen LogP contribution in [0.4, 0.5) is 0 Å². The highest BCUT2D eigenvalue weighted by Gasteiger charge is 2.23. The molecule has 7 aromatic carbocycles. The number of aromatic nitrogens is 3. The van der Waals surface area contributed by atoms with Gasteiger partial charge < -0.3 is 5.11 Å². The van der Waals surface area contributed by atoms with Crippen molar-refractivity contribution in [3.63, 3.8) is 0 Å². The van der Waals surface area contributed by atoms with Gasteiger partial charge in [0, 0.05) is 33.8 Å². The molecule has 4 nitrogen and oxygen atoms in total. The summed E-state index contributed by atoms with van der Waals surface area (Å²) in [7, 11) is 0. The lowest BCUT2D eigenvalue weighted by atomic mass is 9.86. The third kappa shape index (κ3) is 7.23. The molecule has 0 bridgehead atoms. The monoisotopic (exact) mass is 777 g/mol. The molecule has 0 aliphatic rings. The molecular weight excluding hydrogens is 719 g/mol. The lowest BCUT2D eigenvalue weighted by Crippen LogP contribution is -2.10. The summed E-state index contributed by atoms with van der Waals surface area (Å²) in [4.78, 5) is 10.1. The Balaban J connectivity index is 1.24. The molecule has 0 atom stereocenters. The van der Waals surface area contributed by atoms with Crippen molar-refractivity contribution >= 4 is 11.0 Å². The zero-order chi connectivity index (χ0) is 50.8. The third-order valence-corrected chi connectivity index (χ3v) is 10.8. The Bertz CT molecular complexity index is 3410. The lowest BCUT2D eigenvalue weighted by Gasteiger charge is -2.19. The quantitative estimate of drug-likeness (QED) is 0.175. The average Bonchev–Trinajstić information content (AvgIpc) is 3.71. The number of fused-ring (bicyclic) bond motifs is 1. The molecule has 288 valence electrons. The Morgan fingerprint density at radius 3 is 1.93 bits per heavy atom. The zero-order valence-corrected chi connectivity index (χ0v) is 32.5. The summed E-state index contributed by atoms with van der Waals surface area (Å²) in [5, 5.41) is 11.7. The van der Waals surface area contributed by atoms with E-state index in [9.17, 15) is 5.11 Å². The highest BCUT2D eigenvalue weighted by Crippen LogP contribution is 2.42. The summed E-state index contributed by atoms with van der Waals surface area (Å²) >= 11 is 0. The summed E-state index contributed by atoms with van der Waals surface area (Å²) in [6.45, 7) is -8.98. The Labute approximate surface area is 364 Å². The molecule has 0 aliphatic carbocycles. The number of pyridine rings is 1. The van der Waals surface area contributed by atoms with E-state index in [0.29, 0.717) is 50.5 Å². The number of para-hydroxylation sites is 1. The van der Waals surface area contributed by atoms with Crippen molar-refractivity contribution in [1.29, 1.82) is 0 Å². The molecule has 2 aromatic heterocycles. The van der Waals surface area contributed by atoms with Gasteiger partial charge in [-0.3, -0.25) is 9.55 Å². The Morgan fingerprint density at radius 2 is 1.20 bits per heavy atom. The van der Waals surface area contributed by atoms with Gasteiger partial charge in [-0.1, -0.05) is 130 Å². The number of phenolic OH excluding ortho intramolecular Hbond substituents is 1. The second kappa shape index (κ2) is 15.0. The lowest BCUT2D eigenvalue weighted by molar-refractivity contribution is 0.472. The van der Waals surface area contributed by atoms with E-state index < -0.39 is 32.8 Å². The minimum Gasteiger partial charge on any atom is -0.507 e. The van der Waals surface area contributed by atoms with E-state index in [0.717, 1.165) is 44.5 Å². The maximum absolute atomic E-state index is 11.7. The van der Waals surface area contributed by atoms with Gasteiger partial charge in [-0.05, 0) is 142 Å². The molecule has 9 aromatic rings. The van der Waals surface area contributed by atoms with Crippen LogP contribution in [-0.4, -0.2) is 19.6 Å². The summed E-state index contributed by atoms with van der Waals surface area (Å²) < 4.78 is 102. The fourth-order valence-electron chi connectivity index (χ4n) is 7.84. The molecule has 0 spiro atoms.